The van der Waals surface area contributed by atoms with Crippen molar-refractivity contribution in [1.29, 1.82) is 5.41 Å². The van der Waals surface area contributed by atoms with Gasteiger partial charge in [0.1, 0.15) is 24.6 Å². The lowest BCUT2D eigenvalue weighted by Gasteiger charge is -2.28. The first kappa shape index (κ1) is 28.1. The zero-order valence-electron chi connectivity index (χ0n) is 19.2. The fourth-order valence-electron chi connectivity index (χ4n) is 3.73. The Morgan fingerprint density at radius 1 is 1.29 bits per heavy atom. The lowest BCUT2D eigenvalue weighted by atomic mass is 10.1. The maximum Gasteiger partial charge on any atom is 0.252 e. The number of guanidine groups is 1. The molecule has 0 spiro atoms. The van der Waals surface area contributed by atoms with Crippen LogP contribution in [0.1, 0.15) is 43.0 Å². The number of carbonyl (C=O) groups excluding carboxylic acids is 4. The summed E-state index contributed by atoms with van der Waals surface area (Å²) in [6.07, 6.45) is 1.36. The van der Waals surface area contributed by atoms with Gasteiger partial charge in [-0.05, 0) is 66.7 Å². The molecule has 6 N–H and O–H groups in total. The molecular weight excluding hydrogens is 530 g/mol. The minimum Gasteiger partial charge on any atom is -0.370 e. The summed E-state index contributed by atoms with van der Waals surface area (Å²) >= 11 is 3.01. The molecule has 0 aromatic heterocycles. The molecule has 0 unspecified atom stereocenters. The van der Waals surface area contributed by atoms with Gasteiger partial charge < -0.3 is 26.6 Å². The molecule has 2 rings (SSSR count). The Hall–Kier alpha value is -3.09. The van der Waals surface area contributed by atoms with Crippen molar-refractivity contribution in [1.82, 2.24) is 20.9 Å². The molecule has 0 aliphatic carbocycles. The van der Waals surface area contributed by atoms with E-state index in [0.717, 1.165) is 6.07 Å². The SMILES string of the molecule is C[C@H](NC(=O)c1ccc(Br)c(F)c1)C(=O)N1CCC[C@H]1C(=O)N[C@@H](CCCNC(=N)N)C(=O)CF. The van der Waals surface area contributed by atoms with E-state index in [1.807, 2.05) is 0 Å². The molecule has 10 nitrogen and oxygen atoms in total. The number of hydrogen-bond acceptors (Lipinski definition) is 5. The number of nitrogens with two attached hydrogens (primary N) is 1. The number of rotatable bonds is 11. The Kier molecular flexibility index (Phi) is 10.6. The van der Waals surface area contributed by atoms with E-state index in [1.165, 1.54) is 24.0 Å². The van der Waals surface area contributed by atoms with Crippen LogP contribution in [0.25, 0.3) is 0 Å². The van der Waals surface area contributed by atoms with Gasteiger partial charge in [-0.3, -0.25) is 24.6 Å². The van der Waals surface area contributed by atoms with Crippen molar-refractivity contribution in [2.75, 3.05) is 19.8 Å². The van der Waals surface area contributed by atoms with Gasteiger partial charge in [-0.1, -0.05) is 0 Å². The summed E-state index contributed by atoms with van der Waals surface area (Å²) in [7, 11) is 0. The number of amides is 3. The quantitative estimate of drug-likeness (QED) is 0.155. The maximum atomic E-state index is 13.7. The number of nitrogens with zero attached hydrogens (tertiary/aromatic N) is 1. The highest BCUT2D eigenvalue weighted by atomic mass is 79.9. The predicted octanol–water partition coefficient (Wildman–Crippen LogP) is 0.984. The number of carbonyl (C=O) groups is 4. The van der Waals surface area contributed by atoms with Gasteiger partial charge in [-0.15, -0.1) is 0 Å². The Morgan fingerprint density at radius 2 is 2.00 bits per heavy atom. The third-order valence-electron chi connectivity index (χ3n) is 5.56. The van der Waals surface area contributed by atoms with Crippen molar-refractivity contribution in [3.63, 3.8) is 0 Å². The van der Waals surface area contributed by atoms with E-state index in [0.29, 0.717) is 19.3 Å². The van der Waals surface area contributed by atoms with Gasteiger partial charge in [-0.2, -0.15) is 0 Å². The van der Waals surface area contributed by atoms with Gasteiger partial charge in [0.05, 0.1) is 10.5 Å². The molecule has 1 fully saturated rings. The molecule has 3 amide bonds. The number of benzene rings is 1. The van der Waals surface area contributed by atoms with Crippen molar-refractivity contribution < 1.29 is 28.0 Å². The minimum atomic E-state index is -1.25. The number of nitrogens with one attached hydrogen (secondary N) is 4. The molecule has 13 heteroatoms. The van der Waals surface area contributed by atoms with Crippen LogP contribution in [0.5, 0.6) is 0 Å². The Balaban J connectivity index is 2.00. The number of alkyl halides is 1. The summed E-state index contributed by atoms with van der Waals surface area (Å²) < 4.78 is 26.9. The highest BCUT2D eigenvalue weighted by molar-refractivity contribution is 9.10. The highest BCUT2D eigenvalue weighted by Crippen LogP contribution is 2.20. The van der Waals surface area contributed by atoms with Crippen LogP contribution in [-0.2, 0) is 14.4 Å². The van der Waals surface area contributed by atoms with Gasteiger partial charge in [0, 0.05) is 18.7 Å². The number of hydrogen-bond donors (Lipinski definition) is 5. The Bertz CT molecular complexity index is 979. The summed E-state index contributed by atoms with van der Waals surface area (Å²) in [5, 5.41) is 14.7. The van der Waals surface area contributed by atoms with Gasteiger partial charge in [-0.25, -0.2) is 8.78 Å². The first-order chi connectivity index (χ1) is 16.5. The summed E-state index contributed by atoms with van der Waals surface area (Å²) in [6, 6.07) is 0.864. The van der Waals surface area contributed by atoms with Gasteiger partial charge in [0.15, 0.2) is 11.7 Å². The largest absolute Gasteiger partial charge is 0.370 e. The average molecular weight is 559 g/mol. The fraction of sp³-hybridized carbons (Fsp3) is 0.500. The second kappa shape index (κ2) is 13.1. The zero-order chi connectivity index (χ0) is 26.1. The van der Waals surface area contributed by atoms with Gasteiger partial charge in [0.25, 0.3) is 5.91 Å². The predicted molar refractivity (Wildman–Crippen MR) is 128 cm³/mol. The number of likely N-dealkylation sites (tertiary alicyclic amines) is 1. The molecule has 35 heavy (non-hydrogen) atoms. The van der Waals surface area contributed by atoms with Crippen LogP contribution in [0.3, 0.4) is 0 Å². The van der Waals surface area contributed by atoms with Crippen molar-refractivity contribution in [2.24, 2.45) is 5.73 Å². The zero-order valence-corrected chi connectivity index (χ0v) is 20.8. The molecule has 1 aliphatic heterocycles. The van der Waals surface area contributed by atoms with Crippen molar-refractivity contribution in [2.45, 2.75) is 50.7 Å². The molecule has 0 saturated carbocycles. The summed E-state index contributed by atoms with van der Waals surface area (Å²) in [5.41, 5.74) is 5.23. The number of Topliss-reactive ketones (excluding diaryl/α,β-unsaturated/α-hetero) is 1. The van der Waals surface area contributed by atoms with E-state index >= 15 is 0 Å². The van der Waals surface area contributed by atoms with Crippen LogP contribution >= 0.6 is 15.9 Å². The molecular formula is C22H29BrF2N6O4. The first-order valence-electron chi connectivity index (χ1n) is 11.1. The van der Waals surface area contributed by atoms with Crippen LogP contribution in [-0.4, -0.2) is 72.3 Å². The normalized spacial score (nSPS) is 16.8. The van der Waals surface area contributed by atoms with E-state index in [2.05, 4.69) is 31.9 Å². The molecule has 1 heterocycles. The van der Waals surface area contributed by atoms with Crippen molar-refractivity contribution in [3.05, 3.63) is 34.1 Å². The van der Waals surface area contributed by atoms with Crippen LogP contribution < -0.4 is 21.7 Å². The third-order valence-corrected chi connectivity index (χ3v) is 6.20. The van der Waals surface area contributed by atoms with E-state index in [-0.39, 0.29) is 35.5 Å². The number of halogens is 3. The van der Waals surface area contributed by atoms with Gasteiger partial charge in [0.2, 0.25) is 11.8 Å². The van der Waals surface area contributed by atoms with Crippen molar-refractivity contribution in [3.8, 4) is 0 Å². The van der Waals surface area contributed by atoms with Crippen LogP contribution in [0, 0.1) is 11.2 Å². The molecule has 192 valence electrons. The second-order valence-corrected chi connectivity index (χ2v) is 9.01. The summed E-state index contributed by atoms with van der Waals surface area (Å²) in [6.45, 7) is 0.751. The highest BCUT2D eigenvalue weighted by Gasteiger charge is 2.37. The molecule has 1 aromatic rings. The smallest absolute Gasteiger partial charge is 0.252 e. The van der Waals surface area contributed by atoms with Crippen molar-refractivity contribution >= 4 is 45.4 Å². The topological polar surface area (TPSA) is 157 Å². The fourth-order valence-corrected chi connectivity index (χ4v) is 3.98. The molecule has 3 atom stereocenters. The second-order valence-electron chi connectivity index (χ2n) is 8.16. The summed E-state index contributed by atoms with van der Waals surface area (Å²) in [5.74, 6) is -3.40. The van der Waals surface area contributed by atoms with Crippen LogP contribution in [0.15, 0.2) is 22.7 Å². The molecule has 0 bridgehead atoms. The van der Waals surface area contributed by atoms with E-state index in [1.54, 1.807) is 0 Å². The average Bonchev–Trinajstić information content (AvgIpc) is 3.31. The van der Waals surface area contributed by atoms with E-state index in [4.69, 9.17) is 11.1 Å². The monoisotopic (exact) mass is 558 g/mol. The molecule has 0 radical (unpaired) electrons. The molecule has 1 aliphatic rings. The minimum absolute atomic E-state index is 0.0351. The first-order valence-corrected chi connectivity index (χ1v) is 11.9. The lowest BCUT2D eigenvalue weighted by Crippen LogP contribution is -2.54. The standard InChI is InChI=1S/C22H29BrF2N6O4/c1-12(29-19(33)13-6-7-14(23)15(25)10-13)21(35)31-9-3-5-17(31)20(34)30-16(18(32)11-24)4-2-8-28-22(26)27/h6-7,10,12,16-17H,2-5,8-9,11H2,1H3,(H,29,33)(H,30,34)(H4,26,27,28)/t12-,16-,17-/m0/s1. The maximum absolute atomic E-state index is 13.7. The lowest BCUT2D eigenvalue weighted by molar-refractivity contribution is -0.140. The Morgan fingerprint density at radius 3 is 2.63 bits per heavy atom. The summed E-state index contributed by atoms with van der Waals surface area (Å²) in [4.78, 5) is 51.6. The van der Waals surface area contributed by atoms with Gasteiger partial charge >= 0.3 is 0 Å². The molecule has 1 saturated heterocycles. The Labute approximate surface area is 210 Å². The van der Waals surface area contributed by atoms with E-state index < -0.39 is 54.1 Å². The van der Waals surface area contributed by atoms with Crippen LogP contribution in [0.4, 0.5) is 8.78 Å². The third kappa shape index (κ3) is 7.98. The number of ketones is 1. The molecule has 1 aromatic carbocycles. The van der Waals surface area contributed by atoms with E-state index in [9.17, 15) is 28.0 Å². The van der Waals surface area contributed by atoms with Crippen LogP contribution in [0.2, 0.25) is 0 Å².